The molecule has 1 atom stereocenters. The smallest absolute Gasteiger partial charge is 0.263 e. The van der Waals surface area contributed by atoms with Crippen molar-refractivity contribution in [1.29, 1.82) is 0 Å². The Morgan fingerprint density at radius 1 is 1.17 bits per heavy atom. The van der Waals surface area contributed by atoms with Crippen LogP contribution in [0.5, 0.6) is 5.75 Å². The standard InChI is InChI=1S/C26H33N3O5S/c1-3-4-8-22(28-24-21-7-5-6-9-23(21)35(31,32)29-24)25(30)27-18-26(14-16-34-17-15-26)19-10-12-20(33-2)13-11-19/h5-7,9-13,22H,3-4,8,14-18H2,1-2H3,(H,27,30)(H,28,29). The minimum Gasteiger partial charge on any atom is -0.497 e. The minimum absolute atomic E-state index is 0.189. The molecule has 2 aromatic rings. The quantitative estimate of drug-likeness (QED) is 0.551. The summed E-state index contributed by atoms with van der Waals surface area (Å²) in [4.78, 5) is 18.2. The number of unbranched alkanes of at least 4 members (excludes halogenated alkanes) is 1. The SMILES string of the molecule is CCCCC(N=C1NS(=O)(=O)c2ccccc21)C(=O)NCC1(c2ccc(OC)cc2)CCOCC1. The predicted molar refractivity (Wildman–Crippen MR) is 134 cm³/mol. The van der Waals surface area contributed by atoms with E-state index in [-0.39, 0.29) is 22.1 Å². The van der Waals surface area contributed by atoms with E-state index in [4.69, 9.17) is 9.47 Å². The highest BCUT2D eigenvalue weighted by atomic mass is 32.2. The number of hydrogen-bond donors (Lipinski definition) is 2. The molecule has 35 heavy (non-hydrogen) atoms. The maximum Gasteiger partial charge on any atom is 0.263 e. The fourth-order valence-electron chi connectivity index (χ4n) is 4.69. The monoisotopic (exact) mass is 499 g/mol. The molecule has 2 aliphatic heterocycles. The molecule has 0 saturated carbocycles. The number of methoxy groups -OCH3 is 1. The minimum atomic E-state index is -3.66. The van der Waals surface area contributed by atoms with Crippen molar-refractivity contribution in [2.45, 2.75) is 55.4 Å². The zero-order valence-corrected chi connectivity index (χ0v) is 21.1. The number of amidine groups is 1. The van der Waals surface area contributed by atoms with Gasteiger partial charge in [-0.2, -0.15) is 0 Å². The molecule has 0 bridgehead atoms. The van der Waals surface area contributed by atoms with Crippen LogP contribution in [-0.4, -0.2) is 53.1 Å². The molecule has 188 valence electrons. The summed E-state index contributed by atoms with van der Waals surface area (Å²) in [6, 6.07) is 14.0. The maximum atomic E-state index is 13.4. The van der Waals surface area contributed by atoms with Crippen LogP contribution in [0.15, 0.2) is 58.4 Å². The van der Waals surface area contributed by atoms with E-state index in [0.29, 0.717) is 31.7 Å². The van der Waals surface area contributed by atoms with Crippen LogP contribution >= 0.6 is 0 Å². The third-order valence-corrected chi connectivity index (χ3v) is 8.23. The highest BCUT2D eigenvalue weighted by Crippen LogP contribution is 2.35. The Kier molecular flexibility index (Phi) is 7.76. The molecule has 2 heterocycles. The lowest BCUT2D eigenvalue weighted by atomic mass is 9.74. The van der Waals surface area contributed by atoms with Crippen LogP contribution in [0.2, 0.25) is 0 Å². The van der Waals surface area contributed by atoms with Crippen molar-refractivity contribution >= 4 is 21.8 Å². The van der Waals surface area contributed by atoms with E-state index in [1.54, 1.807) is 31.4 Å². The molecule has 2 aliphatic rings. The van der Waals surface area contributed by atoms with E-state index in [1.165, 1.54) is 0 Å². The average Bonchev–Trinajstić information content (AvgIpc) is 3.15. The fourth-order valence-corrected chi connectivity index (χ4v) is 5.92. The molecule has 0 radical (unpaired) electrons. The summed E-state index contributed by atoms with van der Waals surface area (Å²) < 4.78 is 38.4. The van der Waals surface area contributed by atoms with Crippen molar-refractivity contribution in [3.8, 4) is 5.75 Å². The Hall–Kier alpha value is -2.91. The summed E-state index contributed by atoms with van der Waals surface area (Å²) in [5.41, 5.74) is 1.39. The summed E-state index contributed by atoms with van der Waals surface area (Å²) in [7, 11) is -2.03. The second-order valence-corrected chi connectivity index (χ2v) is 10.7. The molecule has 0 aromatic heterocycles. The van der Waals surface area contributed by atoms with Gasteiger partial charge in [-0.25, -0.2) is 8.42 Å². The number of amides is 1. The predicted octanol–water partition coefficient (Wildman–Crippen LogP) is 3.16. The first-order chi connectivity index (χ1) is 16.9. The Balaban J connectivity index is 1.56. The summed E-state index contributed by atoms with van der Waals surface area (Å²) in [6.07, 6.45) is 3.83. The lowest BCUT2D eigenvalue weighted by molar-refractivity contribution is -0.123. The first-order valence-corrected chi connectivity index (χ1v) is 13.6. The number of benzene rings is 2. The molecule has 2 N–H and O–H groups in total. The third-order valence-electron chi connectivity index (χ3n) is 6.83. The van der Waals surface area contributed by atoms with Gasteiger partial charge in [0.15, 0.2) is 0 Å². The van der Waals surface area contributed by atoms with E-state index in [1.807, 2.05) is 12.1 Å². The zero-order chi connectivity index (χ0) is 24.9. The van der Waals surface area contributed by atoms with E-state index in [0.717, 1.165) is 37.0 Å². The Morgan fingerprint density at radius 3 is 2.57 bits per heavy atom. The molecule has 9 heteroatoms. The summed E-state index contributed by atoms with van der Waals surface area (Å²) in [5.74, 6) is 0.816. The number of sulfonamides is 1. The molecule has 1 saturated heterocycles. The molecular formula is C26H33N3O5S. The van der Waals surface area contributed by atoms with Gasteiger partial charge in [-0.05, 0) is 49.1 Å². The van der Waals surface area contributed by atoms with Crippen molar-refractivity contribution in [2.75, 3.05) is 26.9 Å². The topological polar surface area (TPSA) is 106 Å². The van der Waals surface area contributed by atoms with Gasteiger partial charge in [0.25, 0.3) is 10.0 Å². The molecule has 8 nitrogen and oxygen atoms in total. The van der Waals surface area contributed by atoms with Gasteiger partial charge in [0, 0.05) is 30.7 Å². The van der Waals surface area contributed by atoms with Gasteiger partial charge < -0.3 is 14.8 Å². The van der Waals surface area contributed by atoms with Crippen molar-refractivity contribution in [2.24, 2.45) is 4.99 Å². The summed E-state index contributed by atoms with van der Waals surface area (Å²) >= 11 is 0. The van der Waals surface area contributed by atoms with Crippen molar-refractivity contribution in [3.63, 3.8) is 0 Å². The van der Waals surface area contributed by atoms with Crippen LogP contribution in [0.1, 0.15) is 50.2 Å². The highest BCUT2D eigenvalue weighted by Gasteiger charge is 2.36. The summed E-state index contributed by atoms with van der Waals surface area (Å²) in [6.45, 7) is 3.76. The number of nitrogens with zero attached hydrogens (tertiary/aromatic N) is 1. The van der Waals surface area contributed by atoms with Crippen molar-refractivity contribution < 1.29 is 22.7 Å². The van der Waals surface area contributed by atoms with E-state index < -0.39 is 16.1 Å². The van der Waals surface area contributed by atoms with Gasteiger partial charge in [-0.3, -0.25) is 14.5 Å². The van der Waals surface area contributed by atoms with E-state index in [2.05, 4.69) is 34.1 Å². The first-order valence-electron chi connectivity index (χ1n) is 12.1. The number of aliphatic imine (C=N–C) groups is 1. The Labute approximate surface area is 207 Å². The largest absolute Gasteiger partial charge is 0.497 e. The first kappa shape index (κ1) is 25.2. The van der Waals surface area contributed by atoms with Gasteiger partial charge in [-0.15, -0.1) is 0 Å². The molecule has 0 spiro atoms. The summed E-state index contributed by atoms with van der Waals surface area (Å²) in [5, 5.41) is 3.14. The number of hydrogen-bond acceptors (Lipinski definition) is 6. The van der Waals surface area contributed by atoms with Crippen molar-refractivity contribution in [3.05, 3.63) is 59.7 Å². The molecule has 1 amide bonds. The van der Waals surface area contributed by atoms with Crippen LogP contribution in [0.4, 0.5) is 0 Å². The van der Waals surface area contributed by atoms with Gasteiger partial charge in [0.05, 0.1) is 12.0 Å². The fraction of sp³-hybridized carbons (Fsp3) is 0.462. The number of ether oxygens (including phenoxy) is 2. The van der Waals surface area contributed by atoms with Gasteiger partial charge in [-0.1, -0.05) is 44.0 Å². The van der Waals surface area contributed by atoms with Crippen LogP contribution < -0.4 is 14.8 Å². The molecular weight excluding hydrogens is 466 g/mol. The van der Waals surface area contributed by atoms with Gasteiger partial charge in [0.2, 0.25) is 5.91 Å². The molecule has 0 aliphatic carbocycles. The molecule has 1 fully saturated rings. The molecule has 1 unspecified atom stereocenters. The number of carbonyl (C=O) groups is 1. The number of carbonyl (C=O) groups excluding carboxylic acids is 1. The number of fused-ring (bicyclic) bond motifs is 1. The lowest BCUT2D eigenvalue weighted by Crippen LogP contribution is -2.47. The van der Waals surface area contributed by atoms with Crippen molar-refractivity contribution in [1.82, 2.24) is 10.0 Å². The third kappa shape index (κ3) is 5.51. The Bertz CT molecular complexity index is 1170. The second kappa shape index (κ2) is 10.8. The van der Waals surface area contributed by atoms with Gasteiger partial charge in [0.1, 0.15) is 17.6 Å². The Morgan fingerprint density at radius 2 is 1.89 bits per heavy atom. The van der Waals surface area contributed by atoms with E-state index >= 15 is 0 Å². The second-order valence-electron chi connectivity index (χ2n) is 9.08. The van der Waals surface area contributed by atoms with Crippen LogP contribution in [0, 0.1) is 0 Å². The van der Waals surface area contributed by atoms with Crippen LogP contribution in [0.3, 0.4) is 0 Å². The normalized spacial score (nSPS) is 20.0. The molecule has 4 rings (SSSR count). The number of rotatable bonds is 9. The number of nitrogens with one attached hydrogen (secondary N) is 2. The zero-order valence-electron chi connectivity index (χ0n) is 20.2. The van der Waals surface area contributed by atoms with Crippen LogP contribution in [0.25, 0.3) is 0 Å². The average molecular weight is 500 g/mol. The molecule has 2 aromatic carbocycles. The highest BCUT2D eigenvalue weighted by molar-refractivity contribution is 7.90. The van der Waals surface area contributed by atoms with Crippen LogP contribution in [-0.2, 0) is 25.0 Å². The lowest BCUT2D eigenvalue weighted by Gasteiger charge is -2.38. The van der Waals surface area contributed by atoms with E-state index in [9.17, 15) is 13.2 Å². The van der Waals surface area contributed by atoms with Gasteiger partial charge >= 0.3 is 0 Å². The maximum absolute atomic E-state index is 13.4.